The minimum Gasteiger partial charge on any atom is -0.433 e. The van der Waals surface area contributed by atoms with E-state index in [1.54, 1.807) is 0 Å². The molecule has 0 radical (unpaired) electrons. The lowest BCUT2D eigenvalue weighted by atomic mass is 10.1. The van der Waals surface area contributed by atoms with Crippen LogP contribution in [0.25, 0.3) is 0 Å². The fourth-order valence-corrected chi connectivity index (χ4v) is 3.29. The number of hydrogen-bond acceptors (Lipinski definition) is 4. The standard InChI is InChI=1S/C12H16ClF2NO4S/c1-12(2,17)7-16(3)21(18,19)8-4-5-10(9(13)6-8)20-11(14)15/h4-6,11,17H,7H2,1-3H3. The summed E-state index contributed by atoms with van der Waals surface area (Å²) in [6.07, 6.45) is 0. The van der Waals surface area contributed by atoms with Crippen molar-refractivity contribution in [3.05, 3.63) is 23.2 Å². The summed E-state index contributed by atoms with van der Waals surface area (Å²) in [5.74, 6) is -0.309. The minimum atomic E-state index is -3.89. The summed E-state index contributed by atoms with van der Waals surface area (Å²) < 4.78 is 53.8. The van der Waals surface area contributed by atoms with E-state index in [4.69, 9.17) is 11.6 Å². The molecule has 0 saturated heterocycles. The second-order valence-corrected chi connectivity index (χ2v) is 7.50. The van der Waals surface area contributed by atoms with Gasteiger partial charge in [-0.2, -0.15) is 13.1 Å². The molecular formula is C12H16ClF2NO4S. The van der Waals surface area contributed by atoms with Crippen molar-refractivity contribution in [1.82, 2.24) is 4.31 Å². The first-order valence-corrected chi connectivity index (χ1v) is 7.68. The highest BCUT2D eigenvalue weighted by Gasteiger charge is 2.27. The van der Waals surface area contributed by atoms with Crippen LogP contribution in [0, 0.1) is 0 Å². The third-order valence-electron chi connectivity index (χ3n) is 2.44. The van der Waals surface area contributed by atoms with Gasteiger partial charge in [0.15, 0.2) is 0 Å². The normalized spacial score (nSPS) is 13.0. The van der Waals surface area contributed by atoms with Crippen LogP contribution < -0.4 is 4.74 Å². The Balaban J connectivity index is 3.07. The van der Waals surface area contributed by atoms with Gasteiger partial charge in [0.25, 0.3) is 0 Å². The Hall–Kier alpha value is -0.960. The zero-order valence-electron chi connectivity index (χ0n) is 11.7. The number of ether oxygens (including phenoxy) is 1. The largest absolute Gasteiger partial charge is 0.433 e. The highest BCUT2D eigenvalue weighted by atomic mass is 35.5. The number of hydrogen-bond donors (Lipinski definition) is 1. The van der Waals surface area contributed by atoms with E-state index in [0.717, 1.165) is 22.5 Å². The molecule has 21 heavy (non-hydrogen) atoms. The maximum Gasteiger partial charge on any atom is 0.387 e. The fourth-order valence-electron chi connectivity index (χ4n) is 1.64. The zero-order chi connectivity index (χ0) is 16.4. The third kappa shape index (κ3) is 5.06. The number of halogens is 3. The van der Waals surface area contributed by atoms with Crippen LogP contribution >= 0.6 is 11.6 Å². The van der Waals surface area contributed by atoms with Gasteiger partial charge in [-0.05, 0) is 32.0 Å². The van der Waals surface area contributed by atoms with Gasteiger partial charge in [0.1, 0.15) is 5.75 Å². The minimum absolute atomic E-state index is 0.137. The van der Waals surface area contributed by atoms with Crippen molar-refractivity contribution in [3.8, 4) is 5.75 Å². The van der Waals surface area contributed by atoms with Crippen molar-refractivity contribution in [1.29, 1.82) is 0 Å². The summed E-state index contributed by atoms with van der Waals surface area (Å²) >= 11 is 5.73. The number of benzene rings is 1. The molecule has 0 atom stereocenters. The molecule has 0 amide bonds. The summed E-state index contributed by atoms with van der Waals surface area (Å²) in [6.45, 7) is -0.262. The van der Waals surface area contributed by atoms with Crippen LogP contribution in [0.2, 0.25) is 5.02 Å². The van der Waals surface area contributed by atoms with Crippen LogP contribution in [0.15, 0.2) is 23.1 Å². The molecule has 5 nitrogen and oxygen atoms in total. The smallest absolute Gasteiger partial charge is 0.387 e. The van der Waals surface area contributed by atoms with Crippen LogP contribution in [0.5, 0.6) is 5.75 Å². The molecule has 0 fully saturated rings. The van der Waals surface area contributed by atoms with E-state index in [9.17, 15) is 22.3 Å². The van der Waals surface area contributed by atoms with Gasteiger partial charge in [0.05, 0.1) is 15.5 Å². The number of sulfonamides is 1. The van der Waals surface area contributed by atoms with Gasteiger partial charge >= 0.3 is 6.61 Å². The number of nitrogens with zero attached hydrogens (tertiary/aromatic N) is 1. The van der Waals surface area contributed by atoms with Gasteiger partial charge in [0.2, 0.25) is 10.0 Å². The molecule has 0 heterocycles. The summed E-state index contributed by atoms with van der Waals surface area (Å²) in [6, 6.07) is 3.19. The second kappa shape index (κ2) is 6.43. The highest BCUT2D eigenvalue weighted by Crippen LogP contribution is 2.29. The average molecular weight is 344 g/mol. The fraction of sp³-hybridized carbons (Fsp3) is 0.500. The van der Waals surface area contributed by atoms with E-state index in [1.807, 2.05) is 0 Å². The molecule has 0 aromatic heterocycles. The second-order valence-electron chi connectivity index (χ2n) is 5.04. The van der Waals surface area contributed by atoms with Gasteiger partial charge in [-0.25, -0.2) is 8.42 Å². The van der Waals surface area contributed by atoms with Crippen LogP contribution in [0.3, 0.4) is 0 Å². The molecule has 120 valence electrons. The van der Waals surface area contributed by atoms with E-state index in [-0.39, 0.29) is 22.2 Å². The van der Waals surface area contributed by atoms with Gasteiger partial charge in [-0.15, -0.1) is 0 Å². The van der Waals surface area contributed by atoms with Gasteiger partial charge in [-0.1, -0.05) is 11.6 Å². The Bertz CT molecular complexity index is 602. The number of aliphatic hydroxyl groups is 1. The van der Waals surface area contributed by atoms with Crippen LogP contribution in [-0.2, 0) is 10.0 Å². The molecule has 1 aromatic rings. The number of likely N-dealkylation sites (N-methyl/N-ethyl adjacent to an activating group) is 1. The van der Waals surface area contributed by atoms with Crippen molar-refractivity contribution >= 4 is 21.6 Å². The first-order valence-electron chi connectivity index (χ1n) is 5.86. The van der Waals surface area contributed by atoms with Crippen LogP contribution in [0.1, 0.15) is 13.8 Å². The molecule has 0 aliphatic carbocycles. The van der Waals surface area contributed by atoms with Crippen molar-refractivity contribution in [2.45, 2.75) is 31.0 Å². The maximum atomic E-state index is 12.3. The predicted octanol–water partition coefficient (Wildman–Crippen LogP) is 2.33. The monoisotopic (exact) mass is 343 g/mol. The lowest BCUT2D eigenvalue weighted by Gasteiger charge is -2.25. The Morgan fingerprint density at radius 3 is 2.43 bits per heavy atom. The predicted molar refractivity (Wildman–Crippen MR) is 74.2 cm³/mol. The Kier molecular flexibility index (Phi) is 5.54. The molecule has 0 aliphatic heterocycles. The third-order valence-corrected chi connectivity index (χ3v) is 4.53. The summed E-state index contributed by atoms with van der Waals surface area (Å²) in [7, 11) is -2.60. The average Bonchev–Trinajstić information content (AvgIpc) is 2.28. The maximum absolute atomic E-state index is 12.3. The topological polar surface area (TPSA) is 66.8 Å². The molecule has 1 N–H and O–H groups in total. The molecule has 0 spiro atoms. The van der Waals surface area contributed by atoms with E-state index in [1.165, 1.54) is 20.9 Å². The van der Waals surface area contributed by atoms with E-state index >= 15 is 0 Å². The molecule has 0 bridgehead atoms. The first-order chi connectivity index (χ1) is 9.43. The van der Waals surface area contributed by atoms with Crippen LogP contribution in [0.4, 0.5) is 8.78 Å². The van der Waals surface area contributed by atoms with Crippen molar-refractivity contribution in [2.24, 2.45) is 0 Å². The quantitative estimate of drug-likeness (QED) is 0.861. The molecule has 0 aliphatic rings. The summed E-state index contributed by atoms with van der Waals surface area (Å²) in [4.78, 5) is -0.180. The summed E-state index contributed by atoms with van der Waals surface area (Å²) in [5.41, 5.74) is -1.22. The lowest BCUT2D eigenvalue weighted by Crippen LogP contribution is -2.39. The van der Waals surface area contributed by atoms with Gasteiger partial charge in [-0.3, -0.25) is 0 Å². The highest BCUT2D eigenvalue weighted by molar-refractivity contribution is 7.89. The Labute approximate surface area is 127 Å². The van der Waals surface area contributed by atoms with E-state index in [0.29, 0.717) is 0 Å². The lowest BCUT2D eigenvalue weighted by molar-refractivity contribution is -0.0498. The van der Waals surface area contributed by atoms with E-state index < -0.39 is 22.2 Å². The number of alkyl halides is 2. The SMILES string of the molecule is CN(CC(C)(C)O)S(=O)(=O)c1ccc(OC(F)F)c(Cl)c1. The molecule has 9 heteroatoms. The Morgan fingerprint density at radius 1 is 1.43 bits per heavy atom. The van der Waals surface area contributed by atoms with Gasteiger partial charge < -0.3 is 9.84 Å². The Morgan fingerprint density at radius 2 is 2.00 bits per heavy atom. The zero-order valence-corrected chi connectivity index (χ0v) is 13.3. The first kappa shape index (κ1) is 18.1. The molecule has 1 rings (SSSR count). The van der Waals surface area contributed by atoms with Crippen molar-refractivity contribution in [2.75, 3.05) is 13.6 Å². The molecule has 0 saturated carbocycles. The van der Waals surface area contributed by atoms with Crippen molar-refractivity contribution < 1.29 is 27.0 Å². The molecular weight excluding hydrogens is 328 g/mol. The van der Waals surface area contributed by atoms with Crippen molar-refractivity contribution in [3.63, 3.8) is 0 Å². The van der Waals surface area contributed by atoms with Gasteiger partial charge in [0, 0.05) is 13.6 Å². The molecule has 0 unspecified atom stereocenters. The molecule has 1 aromatic carbocycles. The summed E-state index contributed by atoms with van der Waals surface area (Å²) in [5, 5.41) is 9.42. The van der Waals surface area contributed by atoms with Crippen LogP contribution in [-0.4, -0.2) is 43.6 Å². The van der Waals surface area contributed by atoms with E-state index in [2.05, 4.69) is 4.74 Å². The number of rotatable bonds is 6.